The van der Waals surface area contributed by atoms with Gasteiger partial charge in [-0.15, -0.1) is 0 Å². The number of ether oxygens (including phenoxy) is 1. The van der Waals surface area contributed by atoms with E-state index in [0.717, 1.165) is 23.8 Å². The topological polar surface area (TPSA) is 70.0 Å². The minimum atomic E-state index is -0.662. The van der Waals surface area contributed by atoms with Crippen LogP contribution < -0.4 is 10.1 Å². The fourth-order valence-corrected chi connectivity index (χ4v) is 2.40. The van der Waals surface area contributed by atoms with E-state index in [0.29, 0.717) is 18.2 Å². The average Bonchev–Trinajstić information content (AvgIpc) is 2.67. The Labute approximate surface area is 159 Å². The molecule has 0 aliphatic carbocycles. The maximum atomic E-state index is 10.2. The largest absolute Gasteiger partial charge is 0.492 e. The highest BCUT2D eigenvalue weighted by atomic mass is 35.5. The van der Waals surface area contributed by atoms with Gasteiger partial charge in [-0.05, 0) is 48.9 Å². The lowest BCUT2D eigenvalue weighted by Crippen LogP contribution is -2.41. The Morgan fingerprint density at radius 1 is 1.27 bits per heavy atom. The molecule has 1 heterocycles. The second kappa shape index (κ2) is 10.6. The van der Waals surface area contributed by atoms with E-state index in [1.54, 1.807) is 36.7 Å². The third-order valence-electron chi connectivity index (χ3n) is 3.71. The van der Waals surface area contributed by atoms with Crippen LogP contribution in [0.5, 0.6) is 5.75 Å². The third kappa shape index (κ3) is 6.54. The van der Waals surface area contributed by atoms with Crippen molar-refractivity contribution in [1.82, 2.24) is 15.2 Å². The van der Waals surface area contributed by atoms with Crippen LogP contribution in [0, 0.1) is 0 Å². The van der Waals surface area contributed by atoms with Gasteiger partial charge in [0, 0.05) is 31.0 Å². The first-order valence-corrected chi connectivity index (χ1v) is 8.93. The lowest BCUT2D eigenvalue weighted by Gasteiger charge is -2.22. The smallest absolute Gasteiger partial charge is 0.193 e. The van der Waals surface area contributed by atoms with Crippen LogP contribution in [0.1, 0.15) is 18.6 Å². The van der Waals surface area contributed by atoms with Gasteiger partial charge in [0.15, 0.2) is 5.96 Å². The number of pyridine rings is 1. The summed E-state index contributed by atoms with van der Waals surface area (Å²) in [6, 6.07) is 10.9. The molecule has 2 aromatic rings. The van der Waals surface area contributed by atoms with Crippen molar-refractivity contribution < 1.29 is 9.84 Å². The van der Waals surface area contributed by atoms with E-state index in [-0.39, 0.29) is 6.54 Å². The molecule has 0 bridgehead atoms. The van der Waals surface area contributed by atoms with E-state index in [2.05, 4.69) is 15.3 Å². The highest BCUT2D eigenvalue weighted by Crippen LogP contribution is 2.15. The standard InChI is InChI=1S/C19H25ClN4O2/c1-3-22-19(23-14-18(25)15-8-10-21-11-9-15)24(2)12-13-26-17-6-4-16(20)5-7-17/h4-11,18,25H,3,12-14H2,1-2H3,(H,22,23). The van der Waals surface area contributed by atoms with Crippen molar-refractivity contribution in [1.29, 1.82) is 0 Å². The number of nitrogens with zero attached hydrogens (tertiary/aromatic N) is 3. The molecule has 26 heavy (non-hydrogen) atoms. The van der Waals surface area contributed by atoms with Crippen LogP contribution in [0.25, 0.3) is 0 Å². The number of guanidine groups is 1. The molecule has 0 aliphatic heterocycles. The monoisotopic (exact) mass is 376 g/mol. The second-order valence-electron chi connectivity index (χ2n) is 5.71. The highest BCUT2D eigenvalue weighted by molar-refractivity contribution is 6.30. The molecule has 0 saturated heterocycles. The summed E-state index contributed by atoms with van der Waals surface area (Å²) in [4.78, 5) is 10.4. The maximum absolute atomic E-state index is 10.2. The van der Waals surface area contributed by atoms with Crippen LogP contribution in [0.2, 0.25) is 5.02 Å². The number of aromatic nitrogens is 1. The molecule has 7 heteroatoms. The molecule has 0 spiro atoms. The summed E-state index contributed by atoms with van der Waals surface area (Å²) in [5.74, 6) is 1.50. The first-order valence-electron chi connectivity index (χ1n) is 8.56. The minimum absolute atomic E-state index is 0.273. The Bertz CT molecular complexity index is 680. The molecule has 1 unspecified atom stereocenters. The van der Waals surface area contributed by atoms with Crippen molar-refractivity contribution in [2.75, 3.05) is 33.3 Å². The number of aliphatic hydroxyl groups excluding tert-OH is 1. The number of hydrogen-bond acceptors (Lipinski definition) is 4. The van der Waals surface area contributed by atoms with Crippen molar-refractivity contribution >= 4 is 17.6 Å². The van der Waals surface area contributed by atoms with Gasteiger partial charge in [0.1, 0.15) is 12.4 Å². The summed E-state index contributed by atoms with van der Waals surface area (Å²) in [6.45, 7) is 4.18. The predicted octanol–water partition coefficient (Wildman–Crippen LogP) is 2.74. The van der Waals surface area contributed by atoms with Crippen LogP contribution in [-0.4, -0.2) is 54.2 Å². The summed E-state index contributed by atoms with van der Waals surface area (Å²) < 4.78 is 5.72. The molecule has 2 rings (SSSR count). The van der Waals surface area contributed by atoms with Crippen LogP contribution >= 0.6 is 11.6 Å². The maximum Gasteiger partial charge on any atom is 0.193 e. The van der Waals surface area contributed by atoms with Crippen LogP contribution in [0.3, 0.4) is 0 Å². The second-order valence-corrected chi connectivity index (χ2v) is 6.15. The summed E-state index contributed by atoms with van der Waals surface area (Å²) in [7, 11) is 1.94. The molecule has 1 aromatic heterocycles. The first kappa shape index (κ1) is 20.0. The number of aliphatic imine (C=N–C) groups is 1. The predicted molar refractivity (Wildman–Crippen MR) is 105 cm³/mol. The van der Waals surface area contributed by atoms with Gasteiger partial charge in [0.25, 0.3) is 0 Å². The van der Waals surface area contributed by atoms with Gasteiger partial charge in [-0.2, -0.15) is 0 Å². The van der Waals surface area contributed by atoms with E-state index < -0.39 is 6.10 Å². The Morgan fingerprint density at radius 2 is 1.96 bits per heavy atom. The zero-order valence-electron chi connectivity index (χ0n) is 15.1. The minimum Gasteiger partial charge on any atom is -0.492 e. The number of likely N-dealkylation sites (N-methyl/N-ethyl adjacent to an activating group) is 1. The van der Waals surface area contributed by atoms with Gasteiger partial charge in [-0.25, -0.2) is 0 Å². The molecule has 140 valence electrons. The fraction of sp³-hybridized carbons (Fsp3) is 0.368. The van der Waals surface area contributed by atoms with Crippen molar-refractivity contribution in [3.63, 3.8) is 0 Å². The van der Waals surface area contributed by atoms with Gasteiger partial charge in [-0.3, -0.25) is 9.98 Å². The Balaban J connectivity index is 1.87. The van der Waals surface area contributed by atoms with E-state index >= 15 is 0 Å². The molecule has 1 aromatic carbocycles. The van der Waals surface area contributed by atoms with Crippen molar-refractivity contribution in [3.05, 3.63) is 59.4 Å². The van der Waals surface area contributed by atoms with Crippen molar-refractivity contribution in [3.8, 4) is 5.75 Å². The molecular formula is C19H25ClN4O2. The van der Waals surface area contributed by atoms with Crippen molar-refractivity contribution in [2.45, 2.75) is 13.0 Å². The number of aliphatic hydroxyl groups is 1. The Kier molecular flexibility index (Phi) is 8.18. The molecule has 0 aliphatic rings. The van der Waals surface area contributed by atoms with Crippen LogP contribution in [0.4, 0.5) is 0 Å². The number of rotatable bonds is 8. The molecule has 6 nitrogen and oxygen atoms in total. The van der Waals surface area contributed by atoms with Gasteiger partial charge < -0.3 is 20.1 Å². The van der Waals surface area contributed by atoms with E-state index in [1.807, 2.05) is 31.0 Å². The number of halogens is 1. The molecular weight excluding hydrogens is 352 g/mol. The number of nitrogens with one attached hydrogen (secondary N) is 1. The van der Waals surface area contributed by atoms with E-state index in [1.165, 1.54) is 0 Å². The van der Waals surface area contributed by atoms with Crippen LogP contribution in [-0.2, 0) is 0 Å². The average molecular weight is 377 g/mol. The first-order chi connectivity index (χ1) is 12.6. The summed E-state index contributed by atoms with van der Waals surface area (Å²) in [5, 5.41) is 14.2. The van der Waals surface area contributed by atoms with Gasteiger partial charge in [0.2, 0.25) is 0 Å². The summed E-state index contributed by atoms with van der Waals surface area (Å²) in [6.07, 6.45) is 2.66. The van der Waals surface area contributed by atoms with Gasteiger partial charge in [-0.1, -0.05) is 11.6 Å². The Morgan fingerprint density at radius 3 is 2.62 bits per heavy atom. The number of benzene rings is 1. The van der Waals surface area contributed by atoms with E-state index in [4.69, 9.17) is 16.3 Å². The van der Waals surface area contributed by atoms with Gasteiger partial charge >= 0.3 is 0 Å². The fourth-order valence-electron chi connectivity index (χ4n) is 2.27. The molecule has 1 atom stereocenters. The molecule has 0 amide bonds. The van der Waals surface area contributed by atoms with Gasteiger partial charge in [0.05, 0.1) is 19.2 Å². The number of hydrogen-bond donors (Lipinski definition) is 2. The zero-order chi connectivity index (χ0) is 18.8. The molecule has 2 N–H and O–H groups in total. The van der Waals surface area contributed by atoms with Crippen LogP contribution in [0.15, 0.2) is 53.8 Å². The third-order valence-corrected chi connectivity index (χ3v) is 3.96. The zero-order valence-corrected chi connectivity index (χ0v) is 15.9. The summed E-state index contributed by atoms with van der Waals surface area (Å²) in [5.41, 5.74) is 0.799. The molecule has 0 radical (unpaired) electrons. The normalized spacial score (nSPS) is 12.5. The van der Waals surface area contributed by atoms with E-state index in [9.17, 15) is 5.11 Å². The molecule has 0 saturated carbocycles. The van der Waals surface area contributed by atoms with Crippen molar-refractivity contribution in [2.24, 2.45) is 4.99 Å². The Hall–Kier alpha value is -2.31. The summed E-state index contributed by atoms with van der Waals surface area (Å²) >= 11 is 5.87. The quantitative estimate of drug-likeness (QED) is 0.547. The molecule has 0 fully saturated rings. The lowest BCUT2D eigenvalue weighted by atomic mass is 10.1. The lowest BCUT2D eigenvalue weighted by molar-refractivity contribution is 0.186. The highest BCUT2D eigenvalue weighted by Gasteiger charge is 2.10. The SMILES string of the molecule is CCNC(=NCC(O)c1ccncc1)N(C)CCOc1ccc(Cl)cc1.